The van der Waals surface area contributed by atoms with Crippen molar-refractivity contribution in [1.29, 1.82) is 0 Å². The van der Waals surface area contributed by atoms with Crippen LogP contribution in [0.3, 0.4) is 0 Å². The van der Waals surface area contributed by atoms with Gasteiger partial charge in [-0.25, -0.2) is 8.42 Å². The van der Waals surface area contributed by atoms with E-state index in [1.807, 2.05) is 12.1 Å². The van der Waals surface area contributed by atoms with E-state index in [1.165, 1.54) is 9.99 Å². The van der Waals surface area contributed by atoms with Gasteiger partial charge in [0.2, 0.25) is 15.9 Å². The minimum atomic E-state index is -3.60. The molecule has 0 saturated carbocycles. The lowest BCUT2D eigenvalue weighted by Crippen LogP contribution is -2.46. The van der Waals surface area contributed by atoms with Gasteiger partial charge in [0.05, 0.1) is 4.90 Å². The third-order valence-corrected chi connectivity index (χ3v) is 8.45. The minimum absolute atomic E-state index is 0.148. The zero-order valence-electron chi connectivity index (χ0n) is 19.3. The van der Waals surface area contributed by atoms with Gasteiger partial charge in [-0.1, -0.05) is 37.3 Å². The summed E-state index contributed by atoms with van der Waals surface area (Å²) in [7, 11) is -2.02. The number of hydrogen-bond acceptors (Lipinski definition) is 5. The number of nitrogens with one attached hydrogen (secondary N) is 1. The number of carbonyl (C=O) groups excluding carboxylic acids is 1. The van der Waals surface area contributed by atoms with Crippen LogP contribution in [0.5, 0.6) is 0 Å². The molecule has 8 heteroatoms. The number of anilines is 1. The van der Waals surface area contributed by atoms with E-state index >= 15 is 0 Å². The van der Waals surface area contributed by atoms with Crippen molar-refractivity contribution in [1.82, 2.24) is 14.5 Å². The van der Waals surface area contributed by atoms with Gasteiger partial charge < -0.3 is 15.1 Å². The van der Waals surface area contributed by atoms with Gasteiger partial charge >= 0.3 is 0 Å². The average Bonchev–Trinajstić information content (AvgIpc) is 2.88. The van der Waals surface area contributed by atoms with Gasteiger partial charge in [0.15, 0.2) is 0 Å². The first kappa shape index (κ1) is 23.5. The standard InChI is InChI=1S/C25H32N4O3S/c1-3-27-16-18-28(19-17-27)23-8-4-20(5-9-23)21-6-10-24(11-7-21)33(31,32)29-14-12-22(13-15-29)25(30)26-2/h4-12H,3,13-19H2,1-2H3,(H,26,30). The summed E-state index contributed by atoms with van der Waals surface area (Å²) in [5.41, 5.74) is 3.90. The molecule has 33 heavy (non-hydrogen) atoms. The summed E-state index contributed by atoms with van der Waals surface area (Å²) in [6.45, 7) is 8.07. The molecule has 0 spiro atoms. The van der Waals surface area contributed by atoms with E-state index in [0.29, 0.717) is 18.5 Å². The van der Waals surface area contributed by atoms with Crippen molar-refractivity contribution >= 4 is 21.6 Å². The quantitative estimate of drug-likeness (QED) is 0.706. The zero-order chi connectivity index (χ0) is 23.4. The fraction of sp³-hybridized carbons (Fsp3) is 0.400. The largest absolute Gasteiger partial charge is 0.369 e. The average molecular weight is 469 g/mol. The van der Waals surface area contributed by atoms with E-state index in [1.54, 1.807) is 25.3 Å². The maximum atomic E-state index is 13.0. The molecule has 0 aliphatic carbocycles. The second kappa shape index (κ2) is 10.1. The lowest BCUT2D eigenvalue weighted by molar-refractivity contribution is -0.117. The molecule has 4 rings (SSSR count). The Hall–Kier alpha value is -2.68. The highest BCUT2D eigenvalue weighted by atomic mass is 32.2. The Morgan fingerprint density at radius 2 is 1.52 bits per heavy atom. The van der Waals surface area contributed by atoms with Crippen LogP contribution >= 0.6 is 0 Å². The molecule has 1 N–H and O–H groups in total. The zero-order valence-corrected chi connectivity index (χ0v) is 20.1. The Bertz CT molecular complexity index is 1100. The first-order valence-electron chi connectivity index (χ1n) is 11.5. The molecule has 1 saturated heterocycles. The highest BCUT2D eigenvalue weighted by Crippen LogP contribution is 2.27. The monoisotopic (exact) mass is 468 g/mol. The van der Waals surface area contributed by atoms with Crippen molar-refractivity contribution < 1.29 is 13.2 Å². The molecule has 0 bridgehead atoms. The molecule has 0 radical (unpaired) electrons. The molecule has 2 heterocycles. The van der Waals surface area contributed by atoms with Crippen LogP contribution in [0.2, 0.25) is 0 Å². The van der Waals surface area contributed by atoms with Gasteiger partial charge in [0.1, 0.15) is 0 Å². The first-order chi connectivity index (χ1) is 15.9. The fourth-order valence-corrected chi connectivity index (χ4v) is 5.77. The van der Waals surface area contributed by atoms with Gasteiger partial charge in [-0.05, 0) is 48.4 Å². The van der Waals surface area contributed by atoms with Crippen LogP contribution in [-0.2, 0) is 14.8 Å². The van der Waals surface area contributed by atoms with Crippen molar-refractivity contribution in [3.8, 4) is 11.1 Å². The number of rotatable bonds is 6. The molecule has 1 amide bonds. The summed E-state index contributed by atoms with van der Waals surface area (Å²) in [6, 6.07) is 15.5. The van der Waals surface area contributed by atoms with Crippen molar-refractivity contribution in [2.45, 2.75) is 18.2 Å². The molecule has 0 unspecified atom stereocenters. The van der Waals surface area contributed by atoms with Gasteiger partial charge in [-0.2, -0.15) is 4.31 Å². The second-order valence-corrected chi connectivity index (χ2v) is 10.4. The molecule has 2 aromatic rings. The number of carbonyl (C=O) groups is 1. The highest BCUT2D eigenvalue weighted by molar-refractivity contribution is 7.89. The van der Waals surface area contributed by atoms with Gasteiger partial charge in [-0.15, -0.1) is 0 Å². The Balaban J connectivity index is 1.43. The Labute approximate surface area is 196 Å². The summed E-state index contributed by atoms with van der Waals surface area (Å²) in [6.07, 6.45) is 2.11. The number of hydrogen-bond donors (Lipinski definition) is 1. The molecular weight excluding hydrogens is 436 g/mol. The van der Waals surface area contributed by atoms with Crippen LogP contribution in [0.15, 0.2) is 65.1 Å². The first-order valence-corrected chi connectivity index (χ1v) is 13.0. The molecule has 0 aromatic heterocycles. The number of piperazine rings is 1. The molecular formula is C25H32N4O3S. The van der Waals surface area contributed by atoms with E-state index in [9.17, 15) is 13.2 Å². The number of likely N-dealkylation sites (N-methyl/N-ethyl adjacent to an activating group) is 2. The smallest absolute Gasteiger partial charge is 0.246 e. The van der Waals surface area contributed by atoms with Crippen LogP contribution in [0.25, 0.3) is 11.1 Å². The molecule has 176 valence electrons. The Morgan fingerprint density at radius 1 is 0.909 bits per heavy atom. The highest BCUT2D eigenvalue weighted by Gasteiger charge is 2.27. The van der Waals surface area contributed by atoms with Gasteiger partial charge in [-0.3, -0.25) is 4.79 Å². The summed E-state index contributed by atoms with van der Waals surface area (Å²) < 4.78 is 27.5. The topological polar surface area (TPSA) is 73.0 Å². The van der Waals surface area contributed by atoms with Crippen molar-refractivity contribution in [3.63, 3.8) is 0 Å². The van der Waals surface area contributed by atoms with E-state index < -0.39 is 10.0 Å². The fourth-order valence-electron chi connectivity index (χ4n) is 4.39. The predicted molar refractivity (Wildman–Crippen MR) is 132 cm³/mol. The lowest BCUT2D eigenvalue weighted by atomic mass is 10.1. The van der Waals surface area contributed by atoms with Gasteiger partial charge in [0.25, 0.3) is 0 Å². The summed E-state index contributed by atoms with van der Waals surface area (Å²) >= 11 is 0. The lowest BCUT2D eigenvalue weighted by Gasteiger charge is -2.35. The summed E-state index contributed by atoms with van der Waals surface area (Å²) in [4.78, 5) is 16.9. The van der Waals surface area contributed by atoms with Crippen LogP contribution < -0.4 is 10.2 Å². The second-order valence-electron chi connectivity index (χ2n) is 8.41. The van der Waals surface area contributed by atoms with Crippen LogP contribution in [0, 0.1) is 0 Å². The molecule has 0 atom stereocenters. The maximum Gasteiger partial charge on any atom is 0.246 e. The SMILES string of the molecule is CCN1CCN(c2ccc(-c3ccc(S(=O)(=O)N4CC=C(C(=O)NC)CC4)cc3)cc2)CC1. The van der Waals surface area contributed by atoms with Crippen molar-refractivity contribution in [2.24, 2.45) is 0 Å². The van der Waals surface area contributed by atoms with Crippen LogP contribution in [0.1, 0.15) is 13.3 Å². The number of nitrogens with zero attached hydrogens (tertiary/aromatic N) is 3. The van der Waals surface area contributed by atoms with Gasteiger partial charge in [0, 0.05) is 57.6 Å². The third-order valence-electron chi connectivity index (χ3n) is 6.57. The van der Waals surface area contributed by atoms with Crippen molar-refractivity contribution in [2.75, 3.05) is 57.8 Å². The molecule has 2 aromatic carbocycles. The molecule has 7 nitrogen and oxygen atoms in total. The van der Waals surface area contributed by atoms with Crippen molar-refractivity contribution in [3.05, 3.63) is 60.2 Å². The summed E-state index contributed by atoms with van der Waals surface area (Å²) in [5.74, 6) is -0.148. The van der Waals surface area contributed by atoms with Crippen LogP contribution in [-0.4, -0.2) is 76.4 Å². The van der Waals surface area contributed by atoms with E-state index in [-0.39, 0.29) is 17.3 Å². The number of amides is 1. The minimum Gasteiger partial charge on any atom is -0.369 e. The van der Waals surface area contributed by atoms with E-state index in [4.69, 9.17) is 0 Å². The normalized spacial score (nSPS) is 18.1. The Morgan fingerprint density at radius 3 is 2.03 bits per heavy atom. The molecule has 2 aliphatic rings. The number of benzene rings is 2. The third kappa shape index (κ3) is 5.13. The molecule has 2 aliphatic heterocycles. The van der Waals surface area contributed by atoms with E-state index in [0.717, 1.165) is 43.9 Å². The summed E-state index contributed by atoms with van der Waals surface area (Å²) in [5, 5.41) is 2.59. The Kier molecular flexibility index (Phi) is 7.17. The maximum absolute atomic E-state index is 13.0. The molecule has 1 fully saturated rings. The van der Waals surface area contributed by atoms with E-state index in [2.05, 4.69) is 46.3 Å². The predicted octanol–water partition coefficient (Wildman–Crippen LogP) is 2.56. The number of sulfonamides is 1. The van der Waals surface area contributed by atoms with Crippen LogP contribution in [0.4, 0.5) is 5.69 Å².